The number of carbonyl (C=O) groups is 2. The van der Waals surface area contributed by atoms with Crippen molar-refractivity contribution < 1.29 is 19.2 Å². The molecule has 2 amide bonds. The van der Waals surface area contributed by atoms with Crippen molar-refractivity contribution in [2.75, 3.05) is 34.8 Å². The van der Waals surface area contributed by atoms with Crippen LogP contribution in [0.2, 0.25) is 0 Å². The number of hydrogen-bond donors (Lipinski definition) is 1. The Balaban J connectivity index is 1.59. The number of thioether (sulfide) groups is 1. The standard InChI is InChI=1S/C30H30N4O5S2/c1-5-32(6-2)23-13-11-21(15-27-29(36)33(30(40)41-27)24-12-10-19(3)20(4)14-24)26(17-23)39-18-28(35)31-22-8-7-9-25(16-22)34(37)38/h7-17H,5-6,18H2,1-4H3,(H,31,35)/b27-15+. The maximum atomic E-state index is 13.4. The van der Waals surface area contributed by atoms with Crippen molar-refractivity contribution in [2.45, 2.75) is 27.7 Å². The van der Waals surface area contributed by atoms with Gasteiger partial charge >= 0.3 is 0 Å². The van der Waals surface area contributed by atoms with E-state index < -0.39 is 10.8 Å². The largest absolute Gasteiger partial charge is 0.483 e. The zero-order valence-electron chi connectivity index (χ0n) is 23.2. The van der Waals surface area contributed by atoms with Crippen molar-refractivity contribution in [3.8, 4) is 5.75 Å². The van der Waals surface area contributed by atoms with E-state index in [1.807, 2.05) is 64.1 Å². The average molecular weight is 591 g/mol. The molecule has 212 valence electrons. The lowest BCUT2D eigenvalue weighted by atomic mass is 10.1. The number of aryl methyl sites for hydroxylation is 2. The van der Waals surface area contributed by atoms with E-state index in [9.17, 15) is 19.7 Å². The van der Waals surface area contributed by atoms with Crippen LogP contribution in [0.3, 0.4) is 0 Å². The number of benzene rings is 3. The van der Waals surface area contributed by atoms with Crippen LogP contribution in [-0.2, 0) is 9.59 Å². The minimum atomic E-state index is -0.528. The first kappa shape index (κ1) is 29.8. The summed E-state index contributed by atoms with van der Waals surface area (Å²) < 4.78 is 6.39. The molecule has 1 fully saturated rings. The fourth-order valence-electron chi connectivity index (χ4n) is 4.29. The second-order valence-corrected chi connectivity index (χ2v) is 11.0. The van der Waals surface area contributed by atoms with E-state index in [0.29, 0.717) is 31.9 Å². The van der Waals surface area contributed by atoms with Gasteiger partial charge < -0.3 is 15.0 Å². The van der Waals surface area contributed by atoms with Crippen LogP contribution >= 0.6 is 24.0 Å². The predicted molar refractivity (Wildman–Crippen MR) is 169 cm³/mol. The summed E-state index contributed by atoms with van der Waals surface area (Å²) >= 11 is 6.76. The van der Waals surface area contributed by atoms with Gasteiger partial charge in [0, 0.05) is 48.2 Å². The Kier molecular flexibility index (Phi) is 9.41. The molecular formula is C30H30N4O5S2. The maximum absolute atomic E-state index is 13.4. The van der Waals surface area contributed by atoms with Crippen LogP contribution in [0.15, 0.2) is 65.6 Å². The summed E-state index contributed by atoms with van der Waals surface area (Å²) in [5.74, 6) is -0.295. The Hall–Kier alpha value is -4.22. The van der Waals surface area contributed by atoms with Crippen LogP contribution in [0.5, 0.6) is 5.75 Å². The van der Waals surface area contributed by atoms with Crippen LogP contribution in [0, 0.1) is 24.0 Å². The van der Waals surface area contributed by atoms with Gasteiger partial charge in [-0.1, -0.05) is 36.1 Å². The van der Waals surface area contributed by atoms with Gasteiger partial charge in [-0.2, -0.15) is 0 Å². The average Bonchev–Trinajstić information content (AvgIpc) is 3.23. The first-order valence-corrected chi connectivity index (χ1v) is 14.2. The molecule has 4 rings (SSSR count). The second kappa shape index (κ2) is 13.0. The molecule has 0 atom stereocenters. The zero-order chi connectivity index (χ0) is 29.7. The molecule has 9 nitrogen and oxygen atoms in total. The Morgan fingerprint density at radius 3 is 2.54 bits per heavy atom. The number of nitrogens with one attached hydrogen (secondary N) is 1. The molecule has 0 aromatic heterocycles. The Labute approximate surface area is 248 Å². The number of rotatable bonds is 10. The maximum Gasteiger partial charge on any atom is 0.271 e. The highest BCUT2D eigenvalue weighted by Crippen LogP contribution is 2.38. The summed E-state index contributed by atoms with van der Waals surface area (Å²) in [6, 6.07) is 17.1. The molecule has 1 saturated heterocycles. The third-order valence-electron chi connectivity index (χ3n) is 6.65. The van der Waals surface area contributed by atoms with Crippen LogP contribution in [0.1, 0.15) is 30.5 Å². The zero-order valence-corrected chi connectivity index (χ0v) is 24.8. The van der Waals surface area contributed by atoms with E-state index in [0.717, 1.165) is 29.9 Å². The molecule has 0 unspecified atom stereocenters. The number of nitro benzene ring substituents is 1. The number of anilines is 3. The molecule has 0 bridgehead atoms. The third kappa shape index (κ3) is 6.93. The van der Waals surface area contributed by atoms with Crippen molar-refractivity contribution in [1.29, 1.82) is 0 Å². The van der Waals surface area contributed by atoms with Crippen molar-refractivity contribution in [3.05, 3.63) is 92.4 Å². The lowest BCUT2D eigenvalue weighted by molar-refractivity contribution is -0.384. The molecule has 0 spiro atoms. The van der Waals surface area contributed by atoms with Gasteiger partial charge in [-0.05, 0) is 75.2 Å². The van der Waals surface area contributed by atoms with Gasteiger partial charge in [0.2, 0.25) is 0 Å². The summed E-state index contributed by atoms with van der Waals surface area (Å²) in [7, 11) is 0. The van der Waals surface area contributed by atoms with Gasteiger partial charge in [0.1, 0.15) is 5.75 Å². The fourth-order valence-corrected chi connectivity index (χ4v) is 5.58. The van der Waals surface area contributed by atoms with Crippen molar-refractivity contribution in [1.82, 2.24) is 0 Å². The van der Waals surface area contributed by atoms with Gasteiger partial charge in [0.05, 0.1) is 15.5 Å². The number of ether oxygens (including phenoxy) is 1. The molecular weight excluding hydrogens is 560 g/mol. The summed E-state index contributed by atoms with van der Waals surface area (Å²) in [5.41, 5.74) is 4.58. The summed E-state index contributed by atoms with van der Waals surface area (Å²) in [6.45, 7) is 9.30. The highest BCUT2D eigenvalue weighted by Gasteiger charge is 2.33. The molecule has 11 heteroatoms. The van der Waals surface area contributed by atoms with Crippen LogP contribution < -0.4 is 19.9 Å². The minimum Gasteiger partial charge on any atom is -0.483 e. The van der Waals surface area contributed by atoms with Crippen molar-refractivity contribution in [2.24, 2.45) is 0 Å². The Morgan fingerprint density at radius 1 is 1.10 bits per heavy atom. The lowest BCUT2D eigenvalue weighted by Gasteiger charge is -2.22. The molecule has 41 heavy (non-hydrogen) atoms. The quantitative estimate of drug-likeness (QED) is 0.124. The summed E-state index contributed by atoms with van der Waals surface area (Å²) in [6.07, 6.45) is 1.72. The smallest absolute Gasteiger partial charge is 0.271 e. The van der Waals surface area contributed by atoms with Gasteiger partial charge in [0.15, 0.2) is 10.9 Å². The Bertz CT molecular complexity index is 1550. The van der Waals surface area contributed by atoms with Crippen LogP contribution in [0.4, 0.5) is 22.7 Å². The predicted octanol–water partition coefficient (Wildman–Crippen LogP) is 6.48. The first-order chi connectivity index (χ1) is 19.6. The third-order valence-corrected chi connectivity index (χ3v) is 7.96. The van der Waals surface area contributed by atoms with Crippen LogP contribution in [0.25, 0.3) is 6.08 Å². The van der Waals surface area contributed by atoms with Gasteiger partial charge in [0.25, 0.3) is 17.5 Å². The molecule has 3 aromatic rings. The van der Waals surface area contributed by atoms with E-state index in [1.165, 1.54) is 34.9 Å². The molecule has 0 saturated carbocycles. The molecule has 3 aromatic carbocycles. The van der Waals surface area contributed by atoms with Crippen molar-refractivity contribution in [3.63, 3.8) is 0 Å². The lowest BCUT2D eigenvalue weighted by Crippen LogP contribution is -2.27. The first-order valence-electron chi connectivity index (χ1n) is 13.0. The van der Waals surface area contributed by atoms with Gasteiger partial charge in [-0.15, -0.1) is 0 Å². The van der Waals surface area contributed by atoms with E-state index in [2.05, 4.69) is 10.2 Å². The number of non-ortho nitro benzene ring substituents is 1. The Morgan fingerprint density at radius 2 is 1.85 bits per heavy atom. The highest BCUT2D eigenvalue weighted by molar-refractivity contribution is 8.27. The fraction of sp³-hybridized carbons (Fsp3) is 0.233. The molecule has 1 aliphatic heterocycles. The van der Waals surface area contributed by atoms with Gasteiger partial charge in [-0.3, -0.25) is 24.6 Å². The number of carbonyl (C=O) groups excluding carboxylic acids is 2. The highest BCUT2D eigenvalue weighted by atomic mass is 32.2. The topological polar surface area (TPSA) is 105 Å². The van der Waals surface area contributed by atoms with E-state index in [4.69, 9.17) is 17.0 Å². The molecule has 1 N–H and O–H groups in total. The SMILES string of the molecule is CCN(CC)c1ccc(/C=C2/SC(=S)N(c3ccc(C)c(C)c3)C2=O)c(OCC(=O)Nc2cccc([N+](=O)[O-])c2)c1. The monoisotopic (exact) mass is 590 g/mol. The molecule has 1 heterocycles. The molecule has 0 aliphatic carbocycles. The molecule has 1 aliphatic rings. The van der Waals surface area contributed by atoms with E-state index in [1.54, 1.807) is 12.1 Å². The summed E-state index contributed by atoms with van der Waals surface area (Å²) in [5, 5.41) is 13.7. The van der Waals surface area contributed by atoms with E-state index >= 15 is 0 Å². The number of nitrogens with zero attached hydrogens (tertiary/aromatic N) is 3. The normalized spacial score (nSPS) is 14.0. The number of nitro groups is 1. The number of hydrogen-bond acceptors (Lipinski definition) is 8. The number of amides is 2. The molecule has 0 radical (unpaired) electrons. The minimum absolute atomic E-state index is 0.129. The second-order valence-electron chi connectivity index (χ2n) is 9.32. The van der Waals surface area contributed by atoms with Crippen molar-refractivity contribution >= 4 is 68.9 Å². The number of thiocarbonyl (C=S) groups is 1. The van der Waals surface area contributed by atoms with Gasteiger partial charge in [-0.25, -0.2) is 0 Å². The van der Waals surface area contributed by atoms with Crippen LogP contribution in [-0.4, -0.2) is 40.8 Å². The summed E-state index contributed by atoms with van der Waals surface area (Å²) in [4.78, 5) is 40.7. The van der Waals surface area contributed by atoms with E-state index in [-0.39, 0.29) is 18.2 Å².